The Balaban J connectivity index is 1.16. The number of para-hydroxylation sites is 6. The van der Waals surface area contributed by atoms with Crippen molar-refractivity contribution in [2.45, 2.75) is 0 Å². The molecule has 0 fully saturated rings. The van der Waals surface area contributed by atoms with Crippen LogP contribution in [0.2, 0.25) is 0 Å². The normalized spacial score (nSPS) is 12.9. The average Bonchev–Trinajstić information content (AvgIpc) is 4.13. The van der Waals surface area contributed by atoms with Gasteiger partial charge in [-0.2, -0.15) is 4.98 Å². The second-order valence-electron chi connectivity index (χ2n) is 16.2. The molecule has 0 aliphatic rings. The molecule has 0 radical (unpaired) electrons. The molecular weight excluding hydrogens is 799 g/mol. The quantitative estimate of drug-likeness (QED) is 0.173. The lowest BCUT2D eigenvalue weighted by atomic mass is 9.94. The van der Waals surface area contributed by atoms with Gasteiger partial charge in [0, 0.05) is 64.1 Å². The summed E-state index contributed by atoms with van der Waals surface area (Å²) >= 11 is 1.79. The third-order valence-corrected chi connectivity index (χ3v) is 14.0. The summed E-state index contributed by atoms with van der Waals surface area (Å²) in [5.74, 6) is 0.885. The van der Waals surface area contributed by atoms with Crippen molar-refractivity contribution in [3.63, 3.8) is 0 Å². The van der Waals surface area contributed by atoms with Crippen molar-refractivity contribution in [3.05, 3.63) is 212 Å². The molecule has 5 nitrogen and oxygen atoms in total. The van der Waals surface area contributed by atoms with E-state index in [1.165, 1.54) is 20.2 Å². The number of hydrogen-bond donors (Lipinski definition) is 0. The summed E-state index contributed by atoms with van der Waals surface area (Å²) in [6.07, 6.45) is 0. The molecule has 0 N–H and O–H groups in total. The Kier molecular flexibility index (Phi) is 6.69. The van der Waals surface area contributed by atoms with E-state index in [-0.39, 0.29) is 30.1 Å². The van der Waals surface area contributed by atoms with Crippen molar-refractivity contribution in [3.8, 4) is 39.8 Å². The first-order valence-corrected chi connectivity index (χ1v) is 22.2. The van der Waals surface area contributed by atoms with Crippen molar-refractivity contribution in [2.75, 3.05) is 0 Å². The molecule has 298 valence electrons. The third kappa shape index (κ3) is 5.05. The Morgan fingerprint density at radius 2 is 0.922 bits per heavy atom. The van der Waals surface area contributed by atoms with Gasteiger partial charge in [-0.1, -0.05) is 152 Å². The molecule has 0 saturated carbocycles. The van der Waals surface area contributed by atoms with Crippen LogP contribution in [0.3, 0.4) is 0 Å². The van der Waals surface area contributed by atoms with Gasteiger partial charge in [0.25, 0.3) is 0 Å². The van der Waals surface area contributed by atoms with Crippen molar-refractivity contribution >= 4 is 96.9 Å². The fourth-order valence-electron chi connectivity index (χ4n) is 10.1. The Bertz CT molecular complexity index is 4360. The maximum atomic E-state index is 9.43. The first kappa shape index (κ1) is 31.5. The van der Waals surface area contributed by atoms with E-state index in [2.05, 4.69) is 161 Å². The SMILES string of the molecule is [2H]c1c([2H])c([2H])c2c(c1[2H])c1ccccc1n2-c1nc(-c2c(-c3ccc4c(c3)sc3ccccc34)cccc2-n2c3ccccc3c3ccccc32)cc(-n2c3ccccc3c3ccccc32)n1. The number of aromatic nitrogens is 5. The van der Waals surface area contributed by atoms with Gasteiger partial charge in [0.15, 0.2) is 0 Å². The minimum Gasteiger partial charge on any atom is -0.309 e. The summed E-state index contributed by atoms with van der Waals surface area (Å²) < 4.78 is 45.1. The molecule has 0 aliphatic carbocycles. The molecule has 9 aromatic carbocycles. The molecule has 14 aromatic rings. The third-order valence-electron chi connectivity index (χ3n) is 12.8. The summed E-state index contributed by atoms with van der Waals surface area (Å²) in [5, 5.41) is 7.99. The second kappa shape index (κ2) is 13.6. The summed E-state index contributed by atoms with van der Waals surface area (Å²) in [6, 6.07) is 64.5. The Labute approximate surface area is 376 Å². The van der Waals surface area contributed by atoms with Gasteiger partial charge >= 0.3 is 0 Å². The molecule has 0 amide bonds. The van der Waals surface area contributed by atoms with E-state index in [0.29, 0.717) is 33.3 Å². The molecule has 0 aliphatic heterocycles. The van der Waals surface area contributed by atoms with Gasteiger partial charge in [0.05, 0.1) is 50.0 Å². The smallest absolute Gasteiger partial charge is 0.237 e. The number of fused-ring (bicyclic) bond motifs is 12. The Morgan fingerprint density at radius 1 is 0.391 bits per heavy atom. The maximum Gasteiger partial charge on any atom is 0.237 e. The van der Waals surface area contributed by atoms with E-state index in [4.69, 9.17) is 12.7 Å². The number of nitrogens with zero attached hydrogens (tertiary/aromatic N) is 5. The predicted octanol–water partition coefficient (Wildman–Crippen LogP) is 15.5. The van der Waals surface area contributed by atoms with Crippen LogP contribution in [0.4, 0.5) is 0 Å². The molecular formula is C58H35N5S. The zero-order chi connectivity index (χ0) is 45.4. The molecule has 0 saturated heterocycles. The van der Waals surface area contributed by atoms with Crippen molar-refractivity contribution in [1.29, 1.82) is 0 Å². The molecule has 0 spiro atoms. The first-order chi connectivity index (χ1) is 33.4. The van der Waals surface area contributed by atoms with E-state index in [9.17, 15) is 2.74 Å². The molecule has 0 bridgehead atoms. The van der Waals surface area contributed by atoms with Crippen LogP contribution in [0.1, 0.15) is 5.48 Å². The van der Waals surface area contributed by atoms with Gasteiger partial charge < -0.3 is 4.57 Å². The van der Waals surface area contributed by atoms with Crippen LogP contribution >= 0.6 is 11.3 Å². The second-order valence-corrected chi connectivity index (χ2v) is 17.3. The van der Waals surface area contributed by atoms with Gasteiger partial charge in [-0.05, 0) is 65.7 Å². The summed E-state index contributed by atoms with van der Waals surface area (Å²) in [7, 11) is 0. The highest BCUT2D eigenvalue weighted by Crippen LogP contribution is 2.44. The minimum absolute atomic E-state index is 0.106. The summed E-state index contributed by atoms with van der Waals surface area (Å²) in [5.41, 5.74) is 9.51. The van der Waals surface area contributed by atoms with Crippen LogP contribution in [0.25, 0.3) is 125 Å². The zero-order valence-electron chi connectivity index (χ0n) is 38.0. The van der Waals surface area contributed by atoms with E-state index in [1.54, 1.807) is 11.3 Å². The van der Waals surface area contributed by atoms with Gasteiger partial charge in [-0.3, -0.25) is 9.13 Å². The molecule has 5 heterocycles. The van der Waals surface area contributed by atoms with Crippen LogP contribution in [0.5, 0.6) is 0 Å². The lowest BCUT2D eigenvalue weighted by molar-refractivity contribution is 0.951. The van der Waals surface area contributed by atoms with E-state index >= 15 is 0 Å². The lowest BCUT2D eigenvalue weighted by Gasteiger charge is -2.20. The molecule has 6 heteroatoms. The van der Waals surface area contributed by atoms with Gasteiger partial charge in [0.1, 0.15) is 5.82 Å². The molecule has 5 aromatic heterocycles. The monoisotopic (exact) mass is 837 g/mol. The molecule has 14 rings (SSSR count). The summed E-state index contributed by atoms with van der Waals surface area (Å²) in [4.78, 5) is 11.1. The van der Waals surface area contributed by atoms with Crippen LogP contribution in [0.15, 0.2) is 212 Å². The average molecular weight is 838 g/mol. The summed E-state index contributed by atoms with van der Waals surface area (Å²) in [6.45, 7) is 0. The van der Waals surface area contributed by atoms with Crippen molar-refractivity contribution in [2.24, 2.45) is 0 Å². The van der Waals surface area contributed by atoms with E-state index in [0.717, 1.165) is 66.0 Å². The van der Waals surface area contributed by atoms with Gasteiger partial charge in [-0.15, -0.1) is 11.3 Å². The first-order valence-electron chi connectivity index (χ1n) is 23.3. The largest absolute Gasteiger partial charge is 0.309 e. The highest BCUT2D eigenvalue weighted by Gasteiger charge is 2.24. The predicted molar refractivity (Wildman–Crippen MR) is 269 cm³/mol. The topological polar surface area (TPSA) is 40.6 Å². The minimum atomic E-state index is -0.319. The zero-order valence-corrected chi connectivity index (χ0v) is 34.9. The van der Waals surface area contributed by atoms with Crippen molar-refractivity contribution < 1.29 is 5.48 Å². The van der Waals surface area contributed by atoms with E-state index in [1.807, 2.05) is 41.0 Å². The van der Waals surface area contributed by atoms with Gasteiger partial charge in [0.2, 0.25) is 5.95 Å². The van der Waals surface area contributed by atoms with Crippen LogP contribution < -0.4 is 0 Å². The van der Waals surface area contributed by atoms with E-state index < -0.39 is 0 Å². The number of rotatable bonds is 5. The molecule has 64 heavy (non-hydrogen) atoms. The Morgan fingerprint density at radius 3 is 1.58 bits per heavy atom. The van der Waals surface area contributed by atoms with Gasteiger partial charge in [-0.25, -0.2) is 4.98 Å². The highest BCUT2D eigenvalue weighted by molar-refractivity contribution is 7.25. The van der Waals surface area contributed by atoms with Crippen molar-refractivity contribution in [1.82, 2.24) is 23.7 Å². The maximum absolute atomic E-state index is 9.43. The van der Waals surface area contributed by atoms with Crippen LogP contribution in [0, 0.1) is 0 Å². The number of hydrogen-bond acceptors (Lipinski definition) is 3. The van der Waals surface area contributed by atoms with Crippen LogP contribution in [-0.4, -0.2) is 23.7 Å². The molecule has 0 atom stereocenters. The number of thiophene rings is 1. The molecule has 0 unspecified atom stereocenters. The highest BCUT2D eigenvalue weighted by atomic mass is 32.1. The lowest BCUT2D eigenvalue weighted by Crippen LogP contribution is -2.09. The fourth-order valence-corrected chi connectivity index (χ4v) is 11.3. The number of benzene rings is 9. The fraction of sp³-hybridized carbons (Fsp3) is 0. The Hall–Kier alpha value is -8.32. The standard InChI is InChI=1S/C58H35N5S/c1-8-24-47-38(16-1)39-17-2-9-25-48(39)61(47)53-30-15-23-37(36-32-33-45-44-22-7-14-31-54(44)64-55(45)34-36)57(53)46-35-56(62-49-26-10-3-18-40(49)41-19-4-11-27-50(41)62)60-58(59-46)63-51-28-12-5-20-42(51)43-21-6-13-29-52(43)63/h1-35H/i5D,12D,20D,28D. The van der Waals surface area contributed by atoms with Crippen LogP contribution in [-0.2, 0) is 0 Å².